The van der Waals surface area contributed by atoms with Crippen molar-refractivity contribution in [1.82, 2.24) is 10.6 Å². The predicted octanol–water partition coefficient (Wildman–Crippen LogP) is 0.922. The van der Waals surface area contributed by atoms with Gasteiger partial charge in [-0.2, -0.15) is 0 Å². The van der Waals surface area contributed by atoms with Crippen LogP contribution in [0.15, 0.2) is 18.2 Å². The van der Waals surface area contributed by atoms with E-state index in [1.54, 1.807) is 18.2 Å². The number of anilines is 1. The molecule has 1 rings (SSSR count). The number of carbonyl (C=O) groups is 2. The largest absolute Gasteiger partial charge is 0.497 e. The van der Waals surface area contributed by atoms with Crippen molar-refractivity contribution in [2.24, 2.45) is 0 Å². The number of hydrogen-bond acceptors (Lipinski definition) is 4. The summed E-state index contributed by atoms with van der Waals surface area (Å²) in [4.78, 5) is 23.5. The molecule has 0 aromatic heterocycles. The van der Waals surface area contributed by atoms with Gasteiger partial charge in [0.2, 0.25) is 5.91 Å². The first kappa shape index (κ1) is 15.8. The molecule has 0 unspecified atom stereocenters. The van der Waals surface area contributed by atoms with Crippen LogP contribution in [0.5, 0.6) is 5.75 Å². The van der Waals surface area contributed by atoms with Crippen molar-refractivity contribution in [2.45, 2.75) is 26.3 Å². The number of nitrogens with two attached hydrogens (primary N) is 1. The quantitative estimate of drug-likeness (QED) is 0.714. The Kier molecular flexibility index (Phi) is 4.96. The Balaban J connectivity index is 2.61. The van der Waals surface area contributed by atoms with E-state index in [2.05, 4.69) is 10.6 Å². The van der Waals surface area contributed by atoms with E-state index in [-0.39, 0.29) is 18.0 Å². The Morgan fingerprint density at radius 1 is 1.30 bits per heavy atom. The van der Waals surface area contributed by atoms with Crippen LogP contribution >= 0.6 is 0 Å². The van der Waals surface area contributed by atoms with Gasteiger partial charge < -0.3 is 21.1 Å². The highest BCUT2D eigenvalue weighted by Gasteiger charge is 2.15. The number of hydrogen-bond donors (Lipinski definition) is 3. The molecule has 0 radical (unpaired) electrons. The van der Waals surface area contributed by atoms with Crippen LogP contribution in [0.4, 0.5) is 5.69 Å². The molecule has 0 aliphatic carbocycles. The van der Waals surface area contributed by atoms with Crippen LogP contribution < -0.4 is 21.1 Å². The molecule has 1 aromatic carbocycles. The van der Waals surface area contributed by atoms with Crippen LogP contribution in [0.3, 0.4) is 0 Å². The van der Waals surface area contributed by atoms with Crippen LogP contribution in [0.25, 0.3) is 0 Å². The molecule has 1 aromatic rings. The molecule has 2 amide bonds. The second-order valence-corrected chi connectivity index (χ2v) is 5.43. The molecule has 20 heavy (non-hydrogen) atoms. The molecule has 0 aliphatic heterocycles. The molecule has 0 bridgehead atoms. The highest BCUT2D eigenvalue weighted by Crippen LogP contribution is 2.19. The van der Waals surface area contributed by atoms with Crippen LogP contribution in [0.1, 0.15) is 31.1 Å². The summed E-state index contributed by atoms with van der Waals surface area (Å²) in [6, 6.07) is 4.76. The van der Waals surface area contributed by atoms with E-state index in [0.29, 0.717) is 17.0 Å². The van der Waals surface area contributed by atoms with Crippen molar-refractivity contribution < 1.29 is 14.3 Å². The first-order chi connectivity index (χ1) is 9.23. The standard InChI is InChI=1S/C14H21N3O3/c1-14(2,3)17-12(18)8-16-13(19)10-6-5-9(20-4)7-11(10)15/h5-7H,8,15H2,1-4H3,(H,16,19)(H,17,18). The maximum absolute atomic E-state index is 11.9. The Hall–Kier alpha value is -2.24. The number of amides is 2. The van der Waals surface area contributed by atoms with Crippen molar-refractivity contribution in [3.05, 3.63) is 23.8 Å². The number of nitrogens with one attached hydrogen (secondary N) is 2. The summed E-state index contributed by atoms with van der Waals surface area (Å²) in [6.07, 6.45) is 0. The predicted molar refractivity (Wildman–Crippen MR) is 77.6 cm³/mol. The summed E-state index contributed by atoms with van der Waals surface area (Å²) < 4.78 is 5.01. The van der Waals surface area contributed by atoms with Gasteiger partial charge in [-0.05, 0) is 32.9 Å². The lowest BCUT2D eigenvalue weighted by atomic mass is 10.1. The second kappa shape index (κ2) is 6.27. The molecule has 0 spiro atoms. The second-order valence-electron chi connectivity index (χ2n) is 5.43. The third-order valence-electron chi connectivity index (χ3n) is 2.43. The molecule has 0 saturated carbocycles. The van der Waals surface area contributed by atoms with Crippen LogP contribution in [-0.2, 0) is 4.79 Å². The molecule has 110 valence electrons. The number of nitrogen functional groups attached to an aromatic ring is 1. The first-order valence-corrected chi connectivity index (χ1v) is 6.25. The van der Waals surface area contributed by atoms with Crippen LogP contribution in [0.2, 0.25) is 0 Å². The van der Waals surface area contributed by atoms with Crippen LogP contribution in [-0.4, -0.2) is 31.0 Å². The number of methoxy groups -OCH3 is 1. The average Bonchev–Trinajstić information content (AvgIpc) is 2.33. The van der Waals surface area contributed by atoms with E-state index in [1.807, 2.05) is 20.8 Å². The summed E-state index contributed by atoms with van der Waals surface area (Å²) in [7, 11) is 1.52. The Morgan fingerprint density at radius 3 is 2.45 bits per heavy atom. The Labute approximate surface area is 118 Å². The summed E-state index contributed by atoms with van der Waals surface area (Å²) in [6.45, 7) is 5.51. The maximum Gasteiger partial charge on any atom is 0.253 e. The van der Waals surface area contributed by atoms with Crippen molar-refractivity contribution in [3.63, 3.8) is 0 Å². The summed E-state index contributed by atoms with van der Waals surface area (Å²) >= 11 is 0. The number of benzene rings is 1. The smallest absolute Gasteiger partial charge is 0.253 e. The lowest BCUT2D eigenvalue weighted by Gasteiger charge is -2.20. The summed E-state index contributed by atoms with van der Waals surface area (Å²) in [5, 5.41) is 5.28. The van der Waals surface area contributed by atoms with Gasteiger partial charge in [-0.25, -0.2) is 0 Å². The fourth-order valence-corrected chi connectivity index (χ4v) is 1.59. The Bertz CT molecular complexity index is 507. The van der Waals surface area contributed by atoms with E-state index in [9.17, 15) is 9.59 Å². The number of rotatable bonds is 4. The van der Waals surface area contributed by atoms with Gasteiger partial charge in [0.05, 0.1) is 19.2 Å². The topological polar surface area (TPSA) is 93.4 Å². The minimum atomic E-state index is -0.394. The van der Waals surface area contributed by atoms with Gasteiger partial charge in [0.1, 0.15) is 5.75 Å². The zero-order valence-corrected chi connectivity index (χ0v) is 12.2. The average molecular weight is 279 g/mol. The van der Waals surface area contributed by atoms with Gasteiger partial charge in [0, 0.05) is 17.3 Å². The van der Waals surface area contributed by atoms with Gasteiger partial charge in [-0.1, -0.05) is 0 Å². The van der Waals surface area contributed by atoms with Crippen LogP contribution in [0, 0.1) is 0 Å². The third kappa shape index (κ3) is 4.79. The molecule has 0 aliphatic rings. The molecule has 0 heterocycles. The fraction of sp³-hybridized carbons (Fsp3) is 0.429. The zero-order chi connectivity index (χ0) is 15.3. The van der Waals surface area contributed by atoms with E-state index >= 15 is 0 Å². The fourth-order valence-electron chi connectivity index (χ4n) is 1.59. The minimum absolute atomic E-state index is 0.0957. The first-order valence-electron chi connectivity index (χ1n) is 6.25. The molecule has 0 fully saturated rings. The van der Waals surface area contributed by atoms with Crippen molar-refractivity contribution in [1.29, 1.82) is 0 Å². The van der Waals surface area contributed by atoms with E-state index in [4.69, 9.17) is 10.5 Å². The highest BCUT2D eigenvalue weighted by atomic mass is 16.5. The molecule has 6 heteroatoms. The molecule has 0 atom stereocenters. The zero-order valence-electron chi connectivity index (χ0n) is 12.2. The lowest BCUT2D eigenvalue weighted by Crippen LogP contribution is -2.45. The highest BCUT2D eigenvalue weighted by molar-refractivity contribution is 6.00. The van der Waals surface area contributed by atoms with Gasteiger partial charge in [-0.3, -0.25) is 9.59 Å². The molecular formula is C14H21N3O3. The number of ether oxygens (including phenoxy) is 1. The third-order valence-corrected chi connectivity index (χ3v) is 2.43. The molecule has 0 saturated heterocycles. The van der Waals surface area contributed by atoms with E-state index in [1.165, 1.54) is 7.11 Å². The van der Waals surface area contributed by atoms with Gasteiger partial charge in [0.25, 0.3) is 5.91 Å². The number of carbonyl (C=O) groups excluding carboxylic acids is 2. The molecule has 4 N–H and O–H groups in total. The molecular weight excluding hydrogens is 258 g/mol. The van der Waals surface area contributed by atoms with Gasteiger partial charge in [0.15, 0.2) is 0 Å². The Morgan fingerprint density at radius 2 is 1.95 bits per heavy atom. The van der Waals surface area contributed by atoms with Crippen molar-refractivity contribution in [2.75, 3.05) is 19.4 Å². The lowest BCUT2D eigenvalue weighted by molar-refractivity contribution is -0.121. The van der Waals surface area contributed by atoms with Crippen molar-refractivity contribution in [3.8, 4) is 5.75 Å². The van der Waals surface area contributed by atoms with Gasteiger partial charge in [-0.15, -0.1) is 0 Å². The molecule has 6 nitrogen and oxygen atoms in total. The van der Waals surface area contributed by atoms with E-state index in [0.717, 1.165) is 0 Å². The van der Waals surface area contributed by atoms with Crippen molar-refractivity contribution >= 4 is 17.5 Å². The summed E-state index contributed by atoms with van der Waals surface area (Å²) in [5.41, 5.74) is 6.05. The maximum atomic E-state index is 11.9. The minimum Gasteiger partial charge on any atom is -0.497 e. The SMILES string of the molecule is COc1ccc(C(=O)NCC(=O)NC(C)(C)C)c(N)c1. The summed E-state index contributed by atoms with van der Waals surface area (Å²) in [5.74, 6) is -0.0725. The monoisotopic (exact) mass is 279 g/mol. The normalized spacial score (nSPS) is 10.8. The van der Waals surface area contributed by atoms with E-state index < -0.39 is 5.91 Å². The van der Waals surface area contributed by atoms with Gasteiger partial charge >= 0.3 is 0 Å².